The Morgan fingerprint density at radius 3 is 0.765 bits per heavy atom. The van der Waals surface area contributed by atoms with Crippen LogP contribution in [-0.4, -0.2) is 37.2 Å². The van der Waals surface area contributed by atoms with Gasteiger partial charge in [0.2, 0.25) is 0 Å². The van der Waals surface area contributed by atoms with Crippen molar-refractivity contribution in [2.24, 2.45) is 0 Å². The molecule has 1 unspecified atom stereocenters. The predicted octanol–water partition coefficient (Wildman–Crippen LogP) is 23.1. The smallest absolute Gasteiger partial charge is 0.306 e. The fourth-order valence-corrected chi connectivity index (χ4v) is 8.81. The first-order chi connectivity index (χ1) is 40.0. The van der Waals surface area contributed by atoms with E-state index in [1.54, 1.807) is 0 Å². The molecule has 458 valence electrons. The summed E-state index contributed by atoms with van der Waals surface area (Å²) in [5.74, 6) is -0.938. The molecule has 81 heavy (non-hydrogen) atoms. The lowest BCUT2D eigenvalue weighted by atomic mass is 10.1. The Kier molecular flexibility index (Phi) is 63.9. The summed E-state index contributed by atoms with van der Waals surface area (Å²) in [6.45, 7) is 6.48. The van der Waals surface area contributed by atoms with E-state index in [-0.39, 0.29) is 31.1 Å². The van der Waals surface area contributed by atoms with Crippen molar-refractivity contribution in [1.29, 1.82) is 0 Å². The zero-order valence-electron chi connectivity index (χ0n) is 52.5. The molecule has 0 N–H and O–H groups in total. The van der Waals surface area contributed by atoms with Crippen LogP contribution >= 0.6 is 0 Å². The molecule has 0 radical (unpaired) electrons. The number of esters is 3. The Morgan fingerprint density at radius 1 is 0.259 bits per heavy atom. The molecule has 0 aromatic heterocycles. The highest BCUT2D eigenvalue weighted by Crippen LogP contribution is 2.14. The maximum absolute atomic E-state index is 12.9. The topological polar surface area (TPSA) is 78.9 Å². The third kappa shape index (κ3) is 66.0. The van der Waals surface area contributed by atoms with E-state index in [1.165, 1.54) is 89.9 Å². The minimum atomic E-state index is -0.802. The second-order valence-electron chi connectivity index (χ2n) is 21.6. The average Bonchev–Trinajstić information content (AvgIpc) is 3.47. The molecule has 6 nitrogen and oxygen atoms in total. The summed E-state index contributed by atoms with van der Waals surface area (Å²) in [5.41, 5.74) is 0. The van der Waals surface area contributed by atoms with Crippen molar-refractivity contribution in [3.8, 4) is 0 Å². The lowest BCUT2D eigenvalue weighted by molar-refractivity contribution is -0.167. The monoisotopic (exact) mass is 1120 g/mol. The van der Waals surface area contributed by atoms with Crippen LogP contribution < -0.4 is 0 Å². The second-order valence-corrected chi connectivity index (χ2v) is 21.6. The van der Waals surface area contributed by atoms with Gasteiger partial charge in [0.05, 0.1) is 0 Å². The van der Waals surface area contributed by atoms with Crippen LogP contribution in [-0.2, 0) is 28.6 Å². The van der Waals surface area contributed by atoms with Crippen molar-refractivity contribution in [2.45, 2.75) is 297 Å². The second kappa shape index (κ2) is 67.8. The van der Waals surface area contributed by atoms with E-state index in [0.29, 0.717) is 19.3 Å². The highest BCUT2D eigenvalue weighted by Gasteiger charge is 2.19. The average molecular weight is 1120 g/mol. The molecule has 0 fully saturated rings. The summed E-state index contributed by atoms with van der Waals surface area (Å²) in [6.07, 6.45) is 97.2. The summed E-state index contributed by atoms with van der Waals surface area (Å²) in [7, 11) is 0. The Hall–Kier alpha value is -4.71. The van der Waals surface area contributed by atoms with Gasteiger partial charge in [0.25, 0.3) is 0 Å². The van der Waals surface area contributed by atoms with Crippen molar-refractivity contribution in [2.75, 3.05) is 13.2 Å². The molecule has 0 spiro atoms. The number of carbonyl (C=O) groups excluding carboxylic acids is 3. The Bertz CT molecular complexity index is 1760. The van der Waals surface area contributed by atoms with Crippen LogP contribution in [0.3, 0.4) is 0 Å². The quantitative estimate of drug-likeness (QED) is 0.0261. The van der Waals surface area contributed by atoms with Gasteiger partial charge in [-0.25, -0.2) is 0 Å². The number of ether oxygens (including phenoxy) is 3. The van der Waals surface area contributed by atoms with Crippen LogP contribution in [0, 0.1) is 0 Å². The number of rotatable bonds is 59. The maximum atomic E-state index is 12.9. The molecule has 0 aromatic carbocycles. The van der Waals surface area contributed by atoms with Gasteiger partial charge in [0.1, 0.15) is 13.2 Å². The molecule has 6 heteroatoms. The van der Waals surface area contributed by atoms with Crippen LogP contribution in [0.25, 0.3) is 0 Å². The summed E-state index contributed by atoms with van der Waals surface area (Å²) in [6, 6.07) is 0. The van der Waals surface area contributed by atoms with Crippen molar-refractivity contribution in [1.82, 2.24) is 0 Å². The van der Waals surface area contributed by atoms with Crippen molar-refractivity contribution in [3.05, 3.63) is 146 Å². The summed E-state index contributed by atoms with van der Waals surface area (Å²) in [4.78, 5) is 38.3. The van der Waals surface area contributed by atoms with E-state index in [0.717, 1.165) is 161 Å². The highest BCUT2D eigenvalue weighted by molar-refractivity contribution is 5.71. The highest BCUT2D eigenvalue weighted by atomic mass is 16.6. The van der Waals surface area contributed by atoms with Crippen LogP contribution in [0.5, 0.6) is 0 Å². The van der Waals surface area contributed by atoms with E-state index in [4.69, 9.17) is 14.2 Å². The molecular weight excluding hydrogens is 997 g/mol. The van der Waals surface area contributed by atoms with Crippen molar-refractivity contribution < 1.29 is 28.6 Å². The maximum Gasteiger partial charge on any atom is 0.306 e. The Labute approximate surface area is 499 Å². The molecule has 1 atom stereocenters. The van der Waals surface area contributed by atoms with Gasteiger partial charge in [0, 0.05) is 19.3 Å². The fraction of sp³-hybridized carbons (Fsp3) is 0.640. The van der Waals surface area contributed by atoms with Gasteiger partial charge in [-0.1, -0.05) is 269 Å². The standard InChI is InChI=1S/C75H122O6/c1-4-7-10-13-16-19-22-25-28-29-30-31-32-33-34-35-36-37-38-39-40-41-42-43-44-45-46-47-48-51-53-56-59-62-65-68-74(77)80-71-72(81-75(78)69-66-63-60-57-54-50-27-24-21-18-15-12-9-6-3)70-79-73(76)67-64-61-58-55-52-49-26-23-20-17-14-11-8-5-2/h7,10,16,19,23-28,30-31,33-34,36-37,39-40,42-43,45-46,48,51,72H,4-6,8-9,11-15,17-18,20-22,29,32,35,38,41,44,47,49-50,52-71H2,1-3H3/b10-7-,19-16-,26-23-,27-24-,28-25-,31-30-,34-33-,37-36-,40-39-,43-42-,46-45-,51-48-. The molecule has 0 aliphatic rings. The van der Waals surface area contributed by atoms with Gasteiger partial charge < -0.3 is 14.2 Å². The van der Waals surface area contributed by atoms with Gasteiger partial charge in [0.15, 0.2) is 6.10 Å². The van der Waals surface area contributed by atoms with E-state index in [2.05, 4.69) is 167 Å². The SMILES string of the molecule is CC/C=C\C/C=C\C/C=C\C/C=C\C/C=C\C/C=C\C/C=C\C/C=C\C/C=C\C/C=C\CCCCCCC(=O)OCC(COC(=O)CCCCCCC/C=C\CCCCCCC)OC(=O)CCCCCCC/C=C\CCCCCCC. The molecule has 0 heterocycles. The molecule has 0 saturated heterocycles. The number of unbranched alkanes of at least 4 members (excludes halogenated alkanes) is 24. The van der Waals surface area contributed by atoms with Gasteiger partial charge in [-0.2, -0.15) is 0 Å². The minimum absolute atomic E-state index is 0.0967. The third-order valence-electron chi connectivity index (χ3n) is 13.8. The van der Waals surface area contributed by atoms with Gasteiger partial charge in [-0.05, 0) is 148 Å². The first kappa shape index (κ1) is 76.3. The third-order valence-corrected chi connectivity index (χ3v) is 13.8. The molecule has 0 aromatic rings. The van der Waals surface area contributed by atoms with Gasteiger partial charge >= 0.3 is 17.9 Å². The van der Waals surface area contributed by atoms with E-state index < -0.39 is 6.10 Å². The van der Waals surface area contributed by atoms with Gasteiger partial charge in [-0.3, -0.25) is 14.4 Å². The van der Waals surface area contributed by atoms with E-state index in [9.17, 15) is 14.4 Å². The van der Waals surface area contributed by atoms with Crippen LogP contribution in [0.4, 0.5) is 0 Å². The fourth-order valence-electron chi connectivity index (χ4n) is 8.81. The number of hydrogen-bond acceptors (Lipinski definition) is 6. The summed E-state index contributed by atoms with van der Waals surface area (Å²) < 4.78 is 16.9. The number of allylic oxidation sites excluding steroid dienone is 24. The zero-order chi connectivity index (χ0) is 58.5. The first-order valence-electron chi connectivity index (χ1n) is 33.3. The lowest BCUT2D eigenvalue weighted by Gasteiger charge is -2.18. The molecule has 0 bridgehead atoms. The lowest BCUT2D eigenvalue weighted by Crippen LogP contribution is -2.30. The molecular formula is C75H122O6. The van der Waals surface area contributed by atoms with Crippen LogP contribution in [0.15, 0.2) is 146 Å². The summed E-state index contributed by atoms with van der Waals surface area (Å²) in [5, 5.41) is 0. The van der Waals surface area contributed by atoms with Crippen molar-refractivity contribution >= 4 is 17.9 Å². The van der Waals surface area contributed by atoms with Gasteiger partial charge in [-0.15, -0.1) is 0 Å². The van der Waals surface area contributed by atoms with E-state index >= 15 is 0 Å². The molecule has 0 amide bonds. The molecule has 0 aliphatic heterocycles. The number of hydrogen-bond donors (Lipinski definition) is 0. The predicted molar refractivity (Wildman–Crippen MR) is 352 cm³/mol. The Morgan fingerprint density at radius 2 is 0.481 bits per heavy atom. The van der Waals surface area contributed by atoms with Crippen LogP contribution in [0.2, 0.25) is 0 Å². The van der Waals surface area contributed by atoms with Crippen molar-refractivity contribution in [3.63, 3.8) is 0 Å². The molecule has 0 saturated carbocycles. The zero-order valence-corrected chi connectivity index (χ0v) is 52.5. The number of carbonyl (C=O) groups is 3. The molecule has 0 rings (SSSR count). The molecule has 0 aliphatic carbocycles. The largest absolute Gasteiger partial charge is 0.462 e. The normalized spacial score (nSPS) is 13.1. The minimum Gasteiger partial charge on any atom is -0.462 e. The van der Waals surface area contributed by atoms with E-state index in [1.807, 2.05) is 0 Å². The summed E-state index contributed by atoms with van der Waals surface area (Å²) >= 11 is 0. The first-order valence-corrected chi connectivity index (χ1v) is 33.3. The Balaban J connectivity index is 4.33. The van der Waals surface area contributed by atoms with Crippen LogP contribution in [0.1, 0.15) is 290 Å².